The van der Waals surface area contributed by atoms with Crippen LogP contribution in [0.3, 0.4) is 0 Å². The van der Waals surface area contributed by atoms with Crippen LogP contribution in [0, 0.1) is 0 Å². The van der Waals surface area contributed by atoms with Crippen LogP contribution in [0.4, 0.5) is 5.69 Å². The number of carboxylic acid groups (broad SMARTS) is 1. The van der Waals surface area contributed by atoms with Crippen LogP contribution < -0.4 is 10.3 Å². The second-order valence-corrected chi connectivity index (χ2v) is 5.84. The van der Waals surface area contributed by atoms with Crippen molar-refractivity contribution in [2.45, 2.75) is 12.8 Å². The number of hydrogen-bond acceptors (Lipinski definition) is 4. The summed E-state index contributed by atoms with van der Waals surface area (Å²) in [5.74, 6) is -1.26. The van der Waals surface area contributed by atoms with Crippen LogP contribution in [0.2, 0.25) is 0 Å². The van der Waals surface area contributed by atoms with E-state index in [4.69, 9.17) is 5.11 Å². The second-order valence-electron chi connectivity index (χ2n) is 5.84. The number of nitrogens with zero attached hydrogens (tertiary/aromatic N) is 2. The number of fused-ring (bicyclic) bond motifs is 1. The molecular formula is C19H19N3O3. The molecule has 0 fully saturated rings. The summed E-state index contributed by atoms with van der Waals surface area (Å²) in [5.41, 5.74) is 5.40. The lowest BCUT2D eigenvalue weighted by molar-refractivity contribution is -0.119. The molecule has 0 aromatic heterocycles. The lowest BCUT2D eigenvalue weighted by Crippen LogP contribution is -2.38. The van der Waals surface area contributed by atoms with E-state index in [2.05, 4.69) is 16.6 Å². The molecule has 1 heterocycles. The number of carbonyl (C=O) groups excluding carboxylic acids is 1. The van der Waals surface area contributed by atoms with Gasteiger partial charge in [0.05, 0.1) is 18.3 Å². The van der Waals surface area contributed by atoms with E-state index in [-0.39, 0.29) is 18.0 Å². The summed E-state index contributed by atoms with van der Waals surface area (Å²) in [6, 6.07) is 14.6. The fraction of sp³-hybridized carbons (Fsp3) is 0.211. The van der Waals surface area contributed by atoms with Crippen molar-refractivity contribution >= 4 is 23.8 Å². The molecule has 2 aromatic rings. The molecule has 0 atom stereocenters. The Hall–Kier alpha value is -3.15. The minimum atomic E-state index is -1.03. The molecular weight excluding hydrogens is 318 g/mol. The summed E-state index contributed by atoms with van der Waals surface area (Å²) in [7, 11) is 0. The third-order valence-electron chi connectivity index (χ3n) is 4.13. The molecule has 128 valence electrons. The van der Waals surface area contributed by atoms with Gasteiger partial charge in [0, 0.05) is 17.8 Å². The smallest absolute Gasteiger partial charge is 0.336 e. The zero-order valence-corrected chi connectivity index (χ0v) is 13.7. The highest BCUT2D eigenvalue weighted by Crippen LogP contribution is 2.26. The van der Waals surface area contributed by atoms with E-state index in [1.54, 1.807) is 18.2 Å². The van der Waals surface area contributed by atoms with Crippen LogP contribution in [0.1, 0.15) is 27.9 Å². The van der Waals surface area contributed by atoms with Gasteiger partial charge in [-0.25, -0.2) is 10.2 Å². The predicted molar refractivity (Wildman–Crippen MR) is 96.1 cm³/mol. The zero-order chi connectivity index (χ0) is 17.6. The molecule has 1 aliphatic rings. The van der Waals surface area contributed by atoms with E-state index in [1.807, 2.05) is 23.1 Å². The Kier molecular flexibility index (Phi) is 5.09. The summed E-state index contributed by atoms with van der Waals surface area (Å²) in [6.45, 7) is 1.05. The SMILES string of the molecule is O=C(CN1CCCc2ccccc21)NN=Cc1ccccc1C(=O)O. The number of carbonyl (C=O) groups is 2. The summed E-state index contributed by atoms with van der Waals surface area (Å²) in [4.78, 5) is 25.3. The Morgan fingerprint density at radius 2 is 1.92 bits per heavy atom. The Morgan fingerprint density at radius 1 is 1.16 bits per heavy atom. The Morgan fingerprint density at radius 3 is 2.76 bits per heavy atom. The van der Waals surface area contributed by atoms with Crippen molar-refractivity contribution in [3.05, 3.63) is 65.2 Å². The van der Waals surface area contributed by atoms with E-state index in [9.17, 15) is 9.59 Å². The van der Waals surface area contributed by atoms with Crippen molar-refractivity contribution in [2.75, 3.05) is 18.0 Å². The first-order valence-electron chi connectivity index (χ1n) is 8.12. The van der Waals surface area contributed by atoms with Crippen molar-refractivity contribution in [3.63, 3.8) is 0 Å². The molecule has 6 heteroatoms. The molecule has 0 bridgehead atoms. The molecule has 0 saturated carbocycles. The van der Waals surface area contributed by atoms with Crippen LogP contribution in [-0.2, 0) is 11.2 Å². The first-order valence-corrected chi connectivity index (χ1v) is 8.12. The minimum absolute atomic E-state index is 0.144. The zero-order valence-electron chi connectivity index (χ0n) is 13.7. The van der Waals surface area contributed by atoms with Crippen molar-refractivity contribution in [1.82, 2.24) is 5.43 Å². The topological polar surface area (TPSA) is 82.0 Å². The molecule has 3 rings (SSSR count). The lowest BCUT2D eigenvalue weighted by atomic mass is 10.0. The van der Waals surface area contributed by atoms with Crippen LogP contribution in [-0.4, -0.2) is 36.3 Å². The van der Waals surface area contributed by atoms with Crippen LogP contribution in [0.25, 0.3) is 0 Å². The number of para-hydroxylation sites is 1. The molecule has 0 aliphatic carbocycles. The van der Waals surface area contributed by atoms with Crippen molar-refractivity contribution in [2.24, 2.45) is 5.10 Å². The van der Waals surface area contributed by atoms with Gasteiger partial charge in [-0.15, -0.1) is 0 Å². The van der Waals surface area contributed by atoms with Gasteiger partial charge in [-0.05, 0) is 30.5 Å². The van der Waals surface area contributed by atoms with Gasteiger partial charge >= 0.3 is 5.97 Å². The molecule has 0 saturated heterocycles. The Bertz CT molecular complexity index is 817. The quantitative estimate of drug-likeness (QED) is 0.648. The molecule has 1 amide bonds. The number of aromatic carboxylic acids is 1. The van der Waals surface area contributed by atoms with Crippen molar-refractivity contribution < 1.29 is 14.7 Å². The largest absolute Gasteiger partial charge is 0.478 e. The van der Waals surface area contributed by atoms with E-state index < -0.39 is 5.97 Å². The molecule has 1 aliphatic heterocycles. The average Bonchev–Trinajstić information content (AvgIpc) is 2.62. The van der Waals surface area contributed by atoms with E-state index in [1.165, 1.54) is 17.8 Å². The highest BCUT2D eigenvalue weighted by atomic mass is 16.4. The number of aryl methyl sites for hydroxylation is 1. The highest BCUT2D eigenvalue weighted by molar-refractivity contribution is 5.98. The fourth-order valence-electron chi connectivity index (χ4n) is 2.96. The van der Waals surface area contributed by atoms with Crippen LogP contribution in [0.15, 0.2) is 53.6 Å². The number of rotatable bonds is 5. The highest BCUT2D eigenvalue weighted by Gasteiger charge is 2.18. The van der Waals surface area contributed by atoms with Gasteiger partial charge in [-0.3, -0.25) is 4.79 Å². The predicted octanol–water partition coefficient (Wildman–Crippen LogP) is 2.29. The molecule has 0 unspecified atom stereocenters. The van der Waals surface area contributed by atoms with Crippen molar-refractivity contribution in [3.8, 4) is 0 Å². The first kappa shape index (κ1) is 16.7. The maximum absolute atomic E-state index is 12.1. The van der Waals surface area contributed by atoms with Gasteiger partial charge in [0.2, 0.25) is 0 Å². The van der Waals surface area contributed by atoms with Crippen LogP contribution in [0.5, 0.6) is 0 Å². The van der Waals surface area contributed by atoms with E-state index in [0.29, 0.717) is 5.56 Å². The molecule has 2 aromatic carbocycles. The normalized spacial score (nSPS) is 13.5. The fourth-order valence-corrected chi connectivity index (χ4v) is 2.96. The average molecular weight is 337 g/mol. The van der Waals surface area contributed by atoms with Crippen molar-refractivity contribution in [1.29, 1.82) is 0 Å². The number of amides is 1. The molecule has 2 N–H and O–H groups in total. The number of hydrazone groups is 1. The summed E-state index contributed by atoms with van der Waals surface area (Å²) < 4.78 is 0. The first-order chi connectivity index (χ1) is 12.1. The number of benzene rings is 2. The maximum atomic E-state index is 12.1. The Balaban J connectivity index is 1.62. The Labute approximate surface area is 145 Å². The molecule has 25 heavy (non-hydrogen) atoms. The third kappa shape index (κ3) is 4.03. The molecule has 0 spiro atoms. The summed E-state index contributed by atoms with van der Waals surface area (Å²) >= 11 is 0. The van der Waals surface area contributed by atoms with Gasteiger partial charge in [-0.2, -0.15) is 5.10 Å². The maximum Gasteiger partial charge on any atom is 0.336 e. The monoisotopic (exact) mass is 337 g/mol. The van der Waals surface area contributed by atoms with Crippen LogP contribution >= 0.6 is 0 Å². The lowest BCUT2D eigenvalue weighted by Gasteiger charge is -2.30. The minimum Gasteiger partial charge on any atom is -0.478 e. The van der Waals surface area contributed by atoms with Gasteiger partial charge in [0.25, 0.3) is 5.91 Å². The number of hydrogen-bond donors (Lipinski definition) is 2. The summed E-state index contributed by atoms with van der Waals surface area (Å²) in [6.07, 6.45) is 3.39. The molecule has 6 nitrogen and oxygen atoms in total. The van der Waals surface area contributed by atoms with Gasteiger partial charge < -0.3 is 10.0 Å². The number of anilines is 1. The molecule has 0 radical (unpaired) electrons. The van der Waals surface area contributed by atoms with Gasteiger partial charge in [-0.1, -0.05) is 36.4 Å². The van der Waals surface area contributed by atoms with E-state index in [0.717, 1.165) is 25.1 Å². The number of nitrogens with one attached hydrogen (secondary N) is 1. The standard InChI is InChI=1S/C19H19N3O3/c23-18(13-22-11-5-8-14-6-2-4-10-17(14)22)21-20-12-15-7-1-3-9-16(15)19(24)25/h1-4,6-7,9-10,12H,5,8,11,13H2,(H,21,23)(H,24,25). The summed E-state index contributed by atoms with van der Waals surface area (Å²) in [5, 5.41) is 13.0. The third-order valence-corrected chi connectivity index (χ3v) is 4.13. The number of carboxylic acids is 1. The second kappa shape index (κ2) is 7.61. The van der Waals surface area contributed by atoms with Gasteiger partial charge in [0.15, 0.2) is 0 Å². The van der Waals surface area contributed by atoms with E-state index >= 15 is 0 Å². The van der Waals surface area contributed by atoms with Gasteiger partial charge in [0.1, 0.15) is 0 Å².